The minimum absolute atomic E-state index is 0.193. The van der Waals surface area contributed by atoms with Gasteiger partial charge in [-0.3, -0.25) is 24.1 Å². The summed E-state index contributed by atoms with van der Waals surface area (Å²) in [5.41, 5.74) is 1.36. The number of rotatable bonds is 4. The summed E-state index contributed by atoms with van der Waals surface area (Å²) in [7, 11) is 1.44. The number of amides is 4. The second kappa shape index (κ2) is 6.43. The Morgan fingerprint density at radius 3 is 2.27 bits per heavy atom. The lowest BCUT2D eigenvalue weighted by molar-refractivity contribution is -0.139. The number of piperidine rings is 1. The minimum Gasteiger partial charge on any atom is -0.336 e. The number of thioether (sulfide) groups is 1. The van der Waals surface area contributed by atoms with Gasteiger partial charge in [0.25, 0.3) is 0 Å². The summed E-state index contributed by atoms with van der Waals surface area (Å²) in [5.74, 6) is -3.11. The van der Waals surface area contributed by atoms with Gasteiger partial charge < -0.3 is 10.6 Å². The Morgan fingerprint density at radius 2 is 1.60 bits per heavy atom. The van der Waals surface area contributed by atoms with Crippen molar-refractivity contribution < 1.29 is 19.2 Å². The molecule has 2 aromatic carbocycles. The molecule has 3 aliphatic heterocycles. The highest BCUT2D eigenvalue weighted by atomic mass is 32.2. The van der Waals surface area contributed by atoms with Crippen molar-refractivity contribution in [1.82, 2.24) is 10.2 Å². The second-order valence-electron chi connectivity index (χ2n) is 7.83. The summed E-state index contributed by atoms with van der Waals surface area (Å²) in [6.07, 6.45) is -0.193. The molecule has 2 bridgehead atoms. The molecule has 30 heavy (non-hydrogen) atoms. The zero-order valence-corrected chi connectivity index (χ0v) is 16.9. The number of hydrogen-bond acceptors (Lipinski definition) is 5. The molecule has 0 aliphatic carbocycles. The van der Waals surface area contributed by atoms with Crippen LogP contribution in [0.1, 0.15) is 12.0 Å². The van der Waals surface area contributed by atoms with Crippen molar-refractivity contribution in [3.8, 4) is 0 Å². The third kappa shape index (κ3) is 2.40. The number of hydrogen-bond donors (Lipinski definition) is 2. The van der Waals surface area contributed by atoms with Crippen LogP contribution < -0.4 is 10.6 Å². The van der Waals surface area contributed by atoms with Crippen molar-refractivity contribution in [3.63, 3.8) is 0 Å². The molecule has 4 amide bonds. The van der Waals surface area contributed by atoms with Crippen LogP contribution >= 0.6 is 11.8 Å². The van der Waals surface area contributed by atoms with Gasteiger partial charge in [-0.05, 0) is 17.7 Å². The van der Waals surface area contributed by atoms with Crippen LogP contribution in [0.4, 0.5) is 5.69 Å². The van der Waals surface area contributed by atoms with E-state index in [1.54, 1.807) is 24.3 Å². The Labute approximate surface area is 177 Å². The average Bonchev–Trinajstić information content (AvgIpc) is 3.29. The molecular formula is C22H19N3O4S. The van der Waals surface area contributed by atoms with Crippen LogP contribution in [-0.2, 0) is 24.0 Å². The highest BCUT2D eigenvalue weighted by molar-refractivity contribution is 8.03. The molecular weight excluding hydrogens is 402 g/mol. The van der Waals surface area contributed by atoms with Gasteiger partial charge in [0.2, 0.25) is 23.6 Å². The first-order valence-corrected chi connectivity index (χ1v) is 10.5. The van der Waals surface area contributed by atoms with Gasteiger partial charge in [-0.15, -0.1) is 11.8 Å². The van der Waals surface area contributed by atoms with Crippen LogP contribution in [-0.4, -0.2) is 40.3 Å². The normalized spacial score (nSPS) is 31.6. The van der Waals surface area contributed by atoms with Crippen LogP contribution in [0.25, 0.3) is 0 Å². The molecule has 2 N–H and O–H groups in total. The molecule has 4 unspecified atom stereocenters. The van der Waals surface area contributed by atoms with Gasteiger partial charge >= 0.3 is 0 Å². The molecule has 5 rings (SSSR count). The van der Waals surface area contributed by atoms with E-state index in [9.17, 15) is 19.2 Å². The largest absolute Gasteiger partial charge is 0.336 e. The molecule has 3 fully saturated rings. The van der Waals surface area contributed by atoms with Crippen LogP contribution in [0.2, 0.25) is 0 Å². The first-order chi connectivity index (χ1) is 14.4. The molecule has 7 nitrogen and oxygen atoms in total. The van der Waals surface area contributed by atoms with E-state index in [0.717, 1.165) is 10.5 Å². The zero-order valence-electron chi connectivity index (χ0n) is 16.1. The SMILES string of the molecule is CN1C(=O)C2C(C1=O)C1(c3ccccc3)NC(=O)C2(CC(=O)Nc2ccccc2)S1. The zero-order chi connectivity index (χ0) is 21.1. The Hall–Kier alpha value is -3.13. The first kappa shape index (κ1) is 18.9. The van der Waals surface area contributed by atoms with E-state index >= 15 is 0 Å². The minimum atomic E-state index is -1.34. The highest BCUT2D eigenvalue weighted by Gasteiger charge is 2.79. The lowest BCUT2D eigenvalue weighted by atomic mass is 9.72. The second-order valence-corrected chi connectivity index (χ2v) is 9.41. The van der Waals surface area contributed by atoms with Gasteiger partial charge in [0.15, 0.2) is 0 Å². The third-order valence-electron chi connectivity index (χ3n) is 6.18. The number of nitrogens with one attached hydrogen (secondary N) is 2. The first-order valence-electron chi connectivity index (χ1n) is 9.64. The predicted molar refractivity (Wildman–Crippen MR) is 111 cm³/mol. The summed E-state index contributed by atoms with van der Waals surface area (Å²) < 4.78 is -1.34. The number of likely N-dealkylation sites (tertiary alicyclic amines) is 1. The van der Waals surface area contributed by atoms with E-state index in [1.807, 2.05) is 36.4 Å². The molecule has 0 saturated carbocycles. The van der Waals surface area contributed by atoms with Crippen LogP contribution in [0, 0.1) is 11.8 Å². The Morgan fingerprint density at radius 1 is 1.00 bits per heavy atom. The van der Waals surface area contributed by atoms with Gasteiger partial charge in [0, 0.05) is 12.7 Å². The fraction of sp³-hybridized carbons (Fsp3) is 0.273. The standard InChI is InChI=1S/C22H19N3O4S/c1-25-18(27)16-17(19(25)28)22(13-8-4-2-5-9-13)24-20(29)21(16,30-22)12-15(26)23-14-10-6-3-7-11-14/h2-11,16-17H,12H2,1H3,(H,23,26)(H,24,29). The van der Waals surface area contributed by atoms with Crippen molar-refractivity contribution in [2.45, 2.75) is 16.0 Å². The van der Waals surface area contributed by atoms with E-state index < -0.39 is 27.4 Å². The predicted octanol–water partition coefficient (Wildman–Crippen LogP) is 1.71. The molecule has 2 aromatic rings. The molecule has 0 aromatic heterocycles. The molecule has 0 spiro atoms. The van der Waals surface area contributed by atoms with Crippen LogP contribution in [0.15, 0.2) is 60.7 Å². The molecule has 3 saturated heterocycles. The van der Waals surface area contributed by atoms with E-state index in [1.165, 1.54) is 18.8 Å². The van der Waals surface area contributed by atoms with E-state index in [2.05, 4.69) is 10.6 Å². The quantitative estimate of drug-likeness (QED) is 0.733. The fourth-order valence-corrected chi connectivity index (χ4v) is 6.90. The number of para-hydroxylation sites is 1. The van der Waals surface area contributed by atoms with Crippen molar-refractivity contribution in [3.05, 3.63) is 66.2 Å². The smallest absolute Gasteiger partial charge is 0.239 e. The van der Waals surface area contributed by atoms with Crippen LogP contribution in [0.3, 0.4) is 0 Å². The summed E-state index contributed by atoms with van der Waals surface area (Å²) in [6, 6.07) is 18.1. The number of anilines is 1. The monoisotopic (exact) mass is 421 g/mol. The molecule has 152 valence electrons. The van der Waals surface area contributed by atoms with Gasteiger partial charge in [-0.25, -0.2) is 0 Å². The number of benzene rings is 2. The molecule has 3 aliphatic rings. The number of imide groups is 1. The summed E-state index contributed by atoms with van der Waals surface area (Å²) in [4.78, 5) is 52.2. The maximum Gasteiger partial charge on any atom is 0.239 e. The average molecular weight is 421 g/mol. The molecule has 3 heterocycles. The number of carbonyl (C=O) groups excluding carboxylic acids is 4. The molecule has 0 radical (unpaired) electrons. The summed E-state index contributed by atoms with van der Waals surface area (Å²) in [6.45, 7) is 0. The van der Waals surface area contributed by atoms with Crippen molar-refractivity contribution >= 4 is 41.1 Å². The van der Waals surface area contributed by atoms with Crippen molar-refractivity contribution in [2.24, 2.45) is 11.8 Å². The maximum absolute atomic E-state index is 13.2. The van der Waals surface area contributed by atoms with Crippen molar-refractivity contribution in [1.29, 1.82) is 0 Å². The number of carbonyl (C=O) groups is 4. The van der Waals surface area contributed by atoms with Crippen molar-refractivity contribution in [2.75, 3.05) is 12.4 Å². The Kier molecular flexibility index (Phi) is 4.05. The number of fused-ring (bicyclic) bond motifs is 5. The Bertz CT molecular complexity index is 1080. The third-order valence-corrected chi connectivity index (χ3v) is 8.04. The lowest BCUT2D eigenvalue weighted by Crippen LogP contribution is -2.57. The van der Waals surface area contributed by atoms with Crippen LogP contribution in [0.5, 0.6) is 0 Å². The summed E-state index contributed by atoms with van der Waals surface area (Å²) in [5, 5.41) is 5.77. The maximum atomic E-state index is 13.2. The van der Waals surface area contributed by atoms with Gasteiger partial charge in [-0.2, -0.15) is 0 Å². The van der Waals surface area contributed by atoms with Gasteiger partial charge in [0.1, 0.15) is 9.62 Å². The fourth-order valence-electron chi connectivity index (χ4n) is 4.86. The molecule has 8 heteroatoms. The van der Waals surface area contributed by atoms with E-state index in [-0.39, 0.29) is 24.1 Å². The topological polar surface area (TPSA) is 95.6 Å². The number of nitrogens with zero attached hydrogens (tertiary/aromatic N) is 1. The molecule has 4 atom stereocenters. The van der Waals surface area contributed by atoms with Gasteiger partial charge in [0.05, 0.1) is 18.3 Å². The Balaban J connectivity index is 1.56. The summed E-state index contributed by atoms with van der Waals surface area (Å²) >= 11 is 1.24. The van der Waals surface area contributed by atoms with E-state index in [0.29, 0.717) is 5.69 Å². The highest BCUT2D eigenvalue weighted by Crippen LogP contribution is 2.68. The van der Waals surface area contributed by atoms with Gasteiger partial charge in [-0.1, -0.05) is 48.5 Å². The lowest BCUT2D eigenvalue weighted by Gasteiger charge is -2.34. The van der Waals surface area contributed by atoms with E-state index in [4.69, 9.17) is 0 Å².